The van der Waals surface area contributed by atoms with Gasteiger partial charge in [-0.05, 0) is 69.3 Å². The van der Waals surface area contributed by atoms with E-state index < -0.39 is 5.54 Å². The van der Waals surface area contributed by atoms with E-state index in [9.17, 15) is 4.79 Å². The van der Waals surface area contributed by atoms with E-state index in [0.717, 1.165) is 58.3 Å². The molecule has 0 radical (unpaired) electrons. The maximum atomic E-state index is 12.9. The number of benzene rings is 5. The van der Waals surface area contributed by atoms with Gasteiger partial charge in [0.25, 0.3) is 0 Å². The van der Waals surface area contributed by atoms with Crippen molar-refractivity contribution in [2.75, 3.05) is 18.1 Å². The summed E-state index contributed by atoms with van der Waals surface area (Å²) in [7, 11) is 0. The Balaban J connectivity index is 1.30. The molecule has 0 fully saturated rings. The Morgan fingerprint density at radius 1 is 0.698 bits per heavy atom. The number of nitrogens with zero attached hydrogens (tertiary/aromatic N) is 6. The second-order valence-corrected chi connectivity index (χ2v) is 12.8. The second kappa shape index (κ2) is 16.3. The Kier molecular flexibility index (Phi) is 10.8. The van der Waals surface area contributed by atoms with Gasteiger partial charge in [0.15, 0.2) is 5.82 Å². The van der Waals surface area contributed by atoms with E-state index in [1.807, 2.05) is 41.9 Å². The molecule has 2 aromatic heterocycles. The summed E-state index contributed by atoms with van der Waals surface area (Å²) in [5, 5.41) is 13.8. The molecule has 0 aliphatic carbocycles. The summed E-state index contributed by atoms with van der Waals surface area (Å²) >= 11 is 0. The molecule has 0 saturated carbocycles. The van der Waals surface area contributed by atoms with Gasteiger partial charge < -0.3 is 9.64 Å². The van der Waals surface area contributed by atoms with Gasteiger partial charge in [0.05, 0.1) is 6.61 Å². The van der Waals surface area contributed by atoms with Gasteiger partial charge in [0.1, 0.15) is 16.9 Å². The molecule has 53 heavy (non-hydrogen) atoms. The van der Waals surface area contributed by atoms with Crippen LogP contribution in [0.2, 0.25) is 0 Å². The van der Waals surface area contributed by atoms with E-state index in [1.54, 1.807) is 18.3 Å². The maximum absolute atomic E-state index is 12.9. The molecule has 0 aliphatic rings. The summed E-state index contributed by atoms with van der Waals surface area (Å²) in [6.07, 6.45) is 3.72. The smallest absolute Gasteiger partial charge is 0.341 e. The second-order valence-electron chi connectivity index (χ2n) is 12.8. The number of hydrogen-bond donors (Lipinski definition) is 0. The van der Waals surface area contributed by atoms with Crippen LogP contribution < -0.4 is 4.90 Å². The molecule has 264 valence electrons. The molecular formula is C45H42N6O2. The van der Waals surface area contributed by atoms with Gasteiger partial charge in [-0.15, -0.1) is 5.10 Å². The summed E-state index contributed by atoms with van der Waals surface area (Å²) in [4.78, 5) is 19.7. The predicted molar refractivity (Wildman–Crippen MR) is 209 cm³/mol. The highest BCUT2D eigenvalue weighted by Gasteiger charge is 2.42. The molecule has 8 heteroatoms. The monoisotopic (exact) mass is 698 g/mol. The lowest BCUT2D eigenvalue weighted by Gasteiger charge is -2.36. The molecule has 0 amide bonds. The number of tetrazole rings is 1. The number of hydrogen-bond acceptors (Lipinski definition) is 7. The van der Waals surface area contributed by atoms with Gasteiger partial charge in [-0.2, -0.15) is 0 Å². The molecule has 0 saturated heterocycles. The average Bonchev–Trinajstić information content (AvgIpc) is 3.71. The van der Waals surface area contributed by atoms with E-state index in [-0.39, 0.29) is 5.97 Å². The number of esters is 1. The Labute approximate surface area is 310 Å². The SMILES string of the molecule is CCCCN(Cc1ccc(-c2ccccc2-c2nnnn2C(c2ccccc2)(c2ccccc2)c2ccccc2)cc1)c1ncccc1C(=O)OCC. The number of aromatic nitrogens is 5. The van der Waals surface area contributed by atoms with Crippen LogP contribution in [0.4, 0.5) is 5.82 Å². The zero-order valence-electron chi connectivity index (χ0n) is 30.0. The minimum atomic E-state index is -0.866. The van der Waals surface area contributed by atoms with Gasteiger partial charge >= 0.3 is 5.97 Å². The van der Waals surface area contributed by atoms with Crippen molar-refractivity contribution in [1.29, 1.82) is 0 Å². The lowest BCUT2D eigenvalue weighted by molar-refractivity contribution is 0.0526. The molecule has 7 rings (SSSR count). The van der Waals surface area contributed by atoms with Crippen LogP contribution in [0.1, 0.15) is 59.3 Å². The molecular weight excluding hydrogens is 657 g/mol. The number of anilines is 1. The van der Waals surface area contributed by atoms with Crippen molar-refractivity contribution in [1.82, 2.24) is 25.2 Å². The Morgan fingerprint density at radius 3 is 1.87 bits per heavy atom. The number of pyridine rings is 1. The fourth-order valence-electron chi connectivity index (χ4n) is 7.05. The van der Waals surface area contributed by atoms with Crippen LogP contribution in [0, 0.1) is 0 Å². The predicted octanol–water partition coefficient (Wildman–Crippen LogP) is 9.23. The van der Waals surface area contributed by atoms with Crippen LogP contribution in [-0.4, -0.2) is 44.3 Å². The summed E-state index contributed by atoms with van der Waals surface area (Å²) in [6, 6.07) is 51.7. The number of unbranched alkanes of at least 4 members (excludes halogenated alkanes) is 1. The van der Waals surface area contributed by atoms with Gasteiger partial charge in [-0.25, -0.2) is 14.5 Å². The van der Waals surface area contributed by atoms with Crippen molar-refractivity contribution in [2.24, 2.45) is 0 Å². The highest BCUT2D eigenvalue weighted by Crippen LogP contribution is 2.43. The first-order chi connectivity index (χ1) is 26.1. The summed E-state index contributed by atoms with van der Waals surface area (Å²) in [5.74, 6) is 0.926. The third-order valence-corrected chi connectivity index (χ3v) is 9.53. The van der Waals surface area contributed by atoms with Crippen molar-refractivity contribution in [3.05, 3.63) is 186 Å². The minimum absolute atomic E-state index is 0.309. The van der Waals surface area contributed by atoms with E-state index in [0.29, 0.717) is 30.4 Å². The molecule has 0 unspecified atom stereocenters. The van der Waals surface area contributed by atoms with E-state index in [4.69, 9.17) is 15.0 Å². The zero-order valence-corrected chi connectivity index (χ0v) is 30.0. The van der Waals surface area contributed by atoms with Crippen molar-refractivity contribution >= 4 is 11.8 Å². The van der Waals surface area contributed by atoms with Crippen LogP contribution >= 0.6 is 0 Å². The summed E-state index contributed by atoms with van der Waals surface area (Å²) < 4.78 is 7.34. The van der Waals surface area contributed by atoms with Crippen LogP contribution in [0.3, 0.4) is 0 Å². The van der Waals surface area contributed by atoms with E-state index in [1.165, 1.54) is 0 Å². The standard InChI is InChI=1S/C45H42N6O2/c1-3-5-32-50(42-41(26-17-31-46-42)44(52)53-4-2)33-34-27-29-35(30-28-34)39-24-15-16-25-40(39)43-47-48-49-51(43)45(36-18-9-6-10-19-36,37-20-11-7-12-21-37)38-22-13-8-14-23-38/h6-31H,3-5,32-33H2,1-2H3. The Bertz CT molecular complexity index is 2140. The quantitative estimate of drug-likeness (QED) is 0.0827. The van der Waals surface area contributed by atoms with Crippen molar-refractivity contribution in [3.8, 4) is 22.5 Å². The van der Waals surface area contributed by atoms with Crippen LogP contribution in [-0.2, 0) is 16.8 Å². The highest BCUT2D eigenvalue weighted by molar-refractivity contribution is 5.94. The molecule has 0 bridgehead atoms. The molecule has 8 nitrogen and oxygen atoms in total. The molecule has 5 aromatic carbocycles. The highest BCUT2D eigenvalue weighted by atomic mass is 16.5. The first kappa shape index (κ1) is 35.0. The van der Waals surface area contributed by atoms with Crippen molar-refractivity contribution < 1.29 is 9.53 Å². The molecule has 7 aromatic rings. The lowest BCUT2D eigenvalue weighted by atomic mass is 9.77. The first-order valence-electron chi connectivity index (χ1n) is 18.2. The molecule has 0 spiro atoms. The van der Waals surface area contributed by atoms with Crippen molar-refractivity contribution in [2.45, 2.75) is 38.8 Å². The average molecular weight is 699 g/mol. The number of carbonyl (C=O) groups excluding carboxylic acids is 1. The van der Waals surface area contributed by atoms with Crippen LogP contribution in [0.5, 0.6) is 0 Å². The minimum Gasteiger partial charge on any atom is -0.462 e. The third-order valence-electron chi connectivity index (χ3n) is 9.53. The summed E-state index contributed by atoms with van der Waals surface area (Å²) in [5.41, 5.74) is 6.79. The number of carbonyl (C=O) groups is 1. The van der Waals surface area contributed by atoms with Crippen LogP contribution in [0.15, 0.2) is 158 Å². The van der Waals surface area contributed by atoms with Crippen molar-refractivity contribution in [3.63, 3.8) is 0 Å². The Hall–Kier alpha value is -6.41. The first-order valence-corrected chi connectivity index (χ1v) is 18.2. The maximum Gasteiger partial charge on any atom is 0.341 e. The van der Waals surface area contributed by atoms with Gasteiger partial charge in [0.2, 0.25) is 0 Å². The molecule has 0 atom stereocenters. The van der Waals surface area contributed by atoms with Crippen LogP contribution in [0.25, 0.3) is 22.5 Å². The number of rotatable bonds is 14. The zero-order chi connectivity index (χ0) is 36.5. The molecule has 0 N–H and O–H groups in total. The number of ether oxygens (including phenoxy) is 1. The normalized spacial score (nSPS) is 11.3. The summed E-state index contributed by atoms with van der Waals surface area (Å²) in [6.45, 7) is 5.64. The van der Waals surface area contributed by atoms with Gasteiger partial charge in [0, 0.05) is 24.8 Å². The third kappa shape index (κ3) is 7.08. The molecule has 2 heterocycles. The topological polar surface area (TPSA) is 86.0 Å². The fourth-order valence-corrected chi connectivity index (χ4v) is 7.05. The van der Waals surface area contributed by atoms with Gasteiger partial charge in [-0.1, -0.05) is 153 Å². The van der Waals surface area contributed by atoms with E-state index in [2.05, 4.69) is 131 Å². The lowest BCUT2D eigenvalue weighted by Crippen LogP contribution is -2.39. The Morgan fingerprint density at radius 2 is 1.28 bits per heavy atom. The van der Waals surface area contributed by atoms with Gasteiger partial charge in [-0.3, -0.25) is 0 Å². The largest absolute Gasteiger partial charge is 0.462 e. The fraction of sp³-hybridized carbons (Fsp3) is 0.178. The molecule has 0 aliphatic heterocycles. The van der Waals surface area contributed by atoms with E-state index >= 15 is 0 Å².